The Labute approximate surface area is 131 Å². The lowest BCUT2D eigenvalue weighted by molar-refractivity contribution is 0.684. The van der Waals surface area contributed by atoms with Crippen LogP contribution in [-0.2, 0) is 0 Å². The zero-order chi connectivity index (χ0) is 14.0. The molecular weight excluding hydrogens is 366 g/mol. The minimum absolute atomic E-state index is 0.187. The molecule has 3 heteroatoms. The van der Waals surface area contributed by atoms with E-state index in [1.165, 1.54) is 22.3 Å². The molecule has 2 rings (SSSR count). The van der Waals surface area contributed by atoms with Gasteiger partial charge in [-0.15, -0.1) is 0 Å². The predicted molar refractivity (Wildman–Crippen MR) is 88.7 cm³/mol. The summed E-state index contributed by atoms with van der Waals surface area (Å²) in [6.45, 7) is 4.25. The maximum absolute atomic E-state index is 3.68. The van der Waals surface area contributed by atoms with Crippen LogP contribution in [0.3, 0.4) is 0 Å². The van der Waals surface area contributed by atoms with Crippen LogP contribution in [0.1, 0.15) is 28.3 Å². The summed E-state index contributed by atoms with van der Waals surface area (Å²) >= 11 is 7.30. The SMILES string of the molecule is CNC(c1ccccc1C)c1cc(Br)c(C)cc1Br. The third kappa shape index (κ3) is 3.10. The fourth-order valence-corrected chi connectivity index (χ4v) is 3.32. The highest BCUT2D eigenvalue weighted by atomic mass is 79.9. The standard InChI is InChI=1S/C16H17Br2N/c1-10-6-4-5-7-12(10)16(19-3)13-9-14(17)11(2)8-15(13)18/h4-9,16,19H,1-3H3. The Balaban J connectivity index is 2.55. The fourth-order valence-electron chi connectivity index (χ4n) is 2.27. The molecule has 2 aromatic rings. The van der Waals surface area contributed by atoms with Crippen LogP contribution in [0.25, 0.3) is 0 Å². The van der Waals surface area contributed by atoms with Gasteiger partial charge in [-0.05, 0) is 55.3 Å². The molecule has 1 nitrogen and oxygen atoms in total. The van der Waals surface area contributed by atoms with E-state index >= 15 is 0 Å². The largest absolute Gasteiger partial charge is 0.309 e. The van der Waals surface area contributed by atoms with Crippen molar-refractivity contribution in [1.29, 1.82) is 0 Å². The number of halogens is 2. The van der Waals surface area contributed by atoms with Gasteiger partial charge < -0.3 is 5.32 Å². The minimum atomic E-state index is 0.187. The summed E-state index contributed by atoms with van der Waals surface area (Å²) in [6, 6.07) is 13.0. The molecule has 19 heavy (non-hydrogen) atoms. The zero-order valence-corrected chi connectivity index (χ0v) is 14.5. The molecule has 0 aromatic heterocycles. The van der Waals surface area contributed by atoms with Crippen LogP contribution in [0.15, 0.2) is 45.3 Å². The predicted octanol–water partition coefficient (Wildman–Crippen LogP) is 5.14. The van der Waals surface area contributed by atoms with Crippen LogP contribution in [0.4, 0.5) is 0 Å². The summed E-state index contributed by atoms with van der Waals surface area (Å²) in [6.07, 6.45) is 0. The molecule has 0 spiro atoms. The Kier molecular flexibility index (Phi) is 4.82. The lowest BCUT2D eigenvalue weighted by Crippen LogP contribution is -2.19. The number of hydrogen-bond acceptors (Lipinski definition) is 1. The second kappa shape index (κ2) is 6.21. The Hall–Kier alpha value is -0.640. The van der Waals surface area contributed by atoms with Crippen LogP contribution in [-0.4, -0.2) is 7.05 Å². The normalized spacial score (nSPS) is 12.5. The van der Waals surface area contributed by atoms with Gasteiger partial charge in [0.1, 0.15) is 0 Å². The van der Waals surface area contributed by atoms with E-state index in [9.17, 15) is 0 Å². The molecule has 0 fully saturated rings. The minimum Gasteiger partial charge on any atom is -0.309 e. The molecule has 1 atom stereocenters. The Morgan fingerprint density at radius 3 is 2.21 bits per heavy atom. The summed E-state index contributed by atoms with van der Waals surface area (Å²) < 4.78 is 2.27. The van der Waals surface area contributed by atoms with Crippen molar-refractivity contribution < 1.29 is 0 Å². The fraction of sp³-hybridized carbons (Fsp3) is 0.250. The molecule has 0 aliphatic rings. The smallest absolute Gasteiger partial charge is 0.0588 e. The second-order valence-electron chi connectivity index (χ2n) is 4.70. The van der Waals surface area contributed by atoms with Crippen LogP contribution < -0.4 is 5.32 Å². The highest BCUT2D eigenvalue weighted by Gasteiger charge is 2.17. The van der Waals surface area contributed by atoms with Gasteiger partial charge in [0.2, 0.25) is 0 Å². The zero-order valence-electron chi connectivity index (χ0n) is 11.3. The van der Waals surface area contributed by atoms with Crippen molar-refractivity contribution in [3.8, 4) is 0 Å². The van der Waals surface area contributed by atoms with Gasteiger partial charge in [-0.3, -0.25) is 0 Å². The van der Waals surface area contributed by atoms with Gasteiger partial charge in [-0.2, -0.15) is 0 Å². The molecule has 1 N–H and O–H groups in total. The summed E-state index contributed by atoms with van der Waals surface area (Å²) in [7, 11) is 2.00. The molecule has 2 aromatic carbocycles. The van der Waals surface area contributed by atoms with Crippen molar-refractivity contribution in [2.75, 3.05) is 7.05 Å². The third-order valence-electron chi connectivity index (χ3n) is 3.38. The number of benzene rings is 2. The van der Waals surface area contributed by atoms with E-state index in [4.69, 9.17) is 0 Å². The van der Waals surface area contributed by atoms with Crippen molar-refractivity contribution in [2.45, 2.75) is 19.9 Å². The van der Waals surface area contributed by atoms with E-state index in [0.717, 1.165) is 8.95 Å². The van der Waals surface area contributed by atoms with Crippen molar-refractivity contribution >= 4 is 31.9 Å². The molecule has 1 unspecified atom stereocenters. The van der Waals surface area contributed by atoms with Crippen LogP contribution >= 0.6 is 31.9 Å². The van der Waals surface area contributed by atoms with Crippen molar-refractivity contribution in [3.63, 3.8) is 0 Å². The molecule has 0 saturated heterocycles. The van der Waals surface area contributed by atoms with Gasteiger partial charge in [0.05, 0.1) is 6.04 Å². The Morgan fingerprint density at radius 2 is 1.58 bits per heavy atom. The third-order valence-corrected chi connectivity index (χ3v) is 4.92. The van der Waals surface area contributed by atoms with Crippen molar-refractivity contribution in [2.24, 2.45) is 0 Å². The maximum Gasteiger partial charge on any atom is 0.0588 e. The number of hydrogen-bond donors (Lipinski definition) is 1. The molecule has 0 bridgehead atoms. The van der Waals surface area contributed by atoms with E-state index in [-0.39, 0.29) is 6.04 Å². The summed E-state index contributed by atoms with van der Waals surface area (Å²) in [5.74, 6) is 0. The van der Waals surface area contributed by atoms with E-state index in [2.05, 4.69) is 87.4 Å². The van der Waals surface area contributed by atoms with E-state index in [1.54, 1.807) is 0 Å². The average molecular weight is 383 g/mol. The first-order valence-corrected chi connectivity index (χ1v) is 7.81. The number of rotatable bonds is 3. The van der Waals surface area contributed by atoms with Gasteiger partial charge in [0.25, 0.3) is 0 Å². The summed E-state index contributed by atoms with van der Waals surface area (Å²) in [5, 5.41) is 3.41. The lowest BCUT2D eigenvalue weighted by Gasteiger charge is -2.21. The highest BCUT2D eigenvalue weighted by molar-refractivity contribution is 9.11. The first-order chi connectivity index (χ1) is 9.04. The molecular formula is C16H17Br2N. The number of nitrogens with one attached hydrogen (secondary N) is 1. The van der Waals surface area contributed by atoms with Gasteiger partial charge in [-0.1, -0.05) is 56.1 Å². The molecule has 0 radical (unpaired) electrons. The van der Waals surface area contributed by atoms with Crippen LogP contribution in [0.2, 0.25) is 0 Å². The van der Waals surface area contributed by atoms with Crippen molar-refractivity contribution in [3.05, 3.63) is 67.6 Å². The van der Waals surface area contributed by atoms with Gasteiger partial charge in [-0.25, -0.2) is 0 Å². The molecule has 0 aliphatic heterocycles. The monoisotopic (exact) mass is 381 g/mol. The topological polar surface area (TPSA) is 12.0 Å². The van der Waals surface area contributed by atoms with Gasteiger partial charge >= 0.3 is 0 Å². The van der Waals surface area contributed by atoms with Crippen LogP contribution in [0.5, 0.6) is 0 Å². The van der Waals surface area contributed by atoms with Gasteiger partial charge in [0, 0.05) is 8.95 Å². The number of aryl methyl sites for hydroxylation is 2. The molecule has 0 aliphatic carbocycles. The van der Waals surface area contributed by atoms with Gasteiger partial charge in [0.15, 0.2) is 0 Å². The Bertz CT molecular complexity index is 593. The summed E-state index contributed by atoms with van der Waals surface area (Å²) in [5.41, 5.74) is 5.08. The molecule has 0 heterocycles. The molecule has 0 amide bonds. The first kappa shape index (κ1) is 14.8. The maximum atomic E-state index is 3.68. The quantitative estimate of drug-likeness (QED) is 0.775. The molecule has 100 valence electrons. The second-order valence-corrected chi connectivity index (χ2v) is 6.41. The van der Waals surface area contributed by atoms with Crippen molar-refractivity contribution in [1.82, 2.24) is 5.32 Å². The van der Waals surface area contributed by atoms with Crippen LogP contribution in [0, 0.1) is 13.8 Å². The van der Waals surface area contributed by atoms with E-state index in [0.29, 0.717) is 0 Å². The molecule has 0 saturated carbocycles. The Morgan fingerprint density at radius 1 is 0.895 bits per heavy atom. The first-order valence-electron chi connectivity index (χ1n) is 6.23. The lowest BCUT2D eigenvalue weighted by atomic mass is 9.94. The highest BCUT2D eigenvalue weighted by Crippen LogP contribution is 2.33. The van der Waals surface area contributed by atoms with E-state index in [1.807, 2.05) is 7.05 Å². The van der Waals surface area contributed by atoms with E-state index < -0.39 is 0 Å². The average Bonchev–Trinajstić information content (AvgIpc) is 2.38. The summed E-state index contributed by atoms with van der Waals surface area (Å²) in [4.78, 5) is 0.